The quantitative estimate of drug-likeness (QED) is 0.213. The van der Waals surface area contributed by atoms with Gasteiger partial charge in [0.05, 0.1) is 34.5 Å². The number of halogens is 3. The highest BCUT2D eigenvalue weighted by Crippen LogP contribution is 2.35. The zero-order valence-electron chi connectivity index (χ0n) is 21.9. The average molecular weight is 596 g/mol. The molecular weight excluding hydrogens is 575 g/mol. The molecule has 0 fully saturated rings. The Balaban J connectivity index is 1.56. The molecule has 5 aromatic rings. The number of hydrogen-bond acceptors (Lipinski definition) is 8. The molecule has 2 aromatic carbocycles. The van der Waals surface area contributed by atoms with E-state index in [0.29, 0.717) is 27.9 Å². The Bertz CT molecular complexity index is 1970. The zero-order valence-corrected chi connectivity index (χ0v) is 22.8. The van der Waals surface area contributed by atoms with Crippen LogP contribution in [0.2, 0.25) is 0 Å². The van der Waals surface area contributed by atoms with E-state index < -0.39 is 39.2 Å². The minimum absolute atomic E-state index is 0.0932. The van der Waals surface area contributed by atoms with E-state index in [0.717, 1.165) is 16.8 Å². The van der Waals surface area contributed by atoms with Crippen molar-refractivity contribution >= 4 is 27.4 Å². The number of benzene rings is 2. The second kappa shape index (κ2) is 11.1. The van der Waals surface area contributed by atoms with Gasteiger partial charge in [-0.1, -0.05) is 17.9 Å². The number of hydrogen-bond donors (Lipinski definition) is 0. The number of rotatable bonds is 6. The number of hydroxylamine groups is 1. The van der Waals surface area contributed by atoms with Crippen LogP contribution in [0.3, 0.4) is 0 Å². The first-order chi connectivity index (χ1) is 19.9. The number of amides is 1. The van der Waals surface area contributed by atoms with Crippen molar-refractivity contribution in [3.05, 3.63) is 102 Å². The Labute approximate surface area is 237 Å². The Morgan fingerprint density at radius 2 is 1.86 bits per heavy atom. The van der Waals surface area contributed by atoms with Crippen molar-refractivity contribution < 1.29 is 30.7 Å². The van der Waals surface area contributed by atoms with Crippen LogP contribution >= 0.6 is 0 Å². The van der Waals surface area contributed by atoms with E-state index in [2.05, 4.69) is 32.0 Å². The van der Waals surface area contributed by atoms with Crippen LogP contribution in [0, 0.1) is 18.8 Å². The minimum atomic E-state index is -4.84. The topological polar surface area (TPSA) is 125 Å². The van der Waals surface area contributed by atoms with Gasteiger partial charge in [-0.05, 0) is 50.2 Å². The predicted octanol–water partition coefficient (Wildman–Crippen LogP) is 3.97. The van der Waals surface area contributed by atoms with Crippen molar-refractivity contribution in [1.82, 2.24) is 29.4 Å². The van der Waals surface area contributed by atoms with Crippen molar-refractivity contribution in [2.24, 2.45) is 0 Å². The molecule has 0 radical (unpaired) electrons. The minimum Gasteiger partial charge on any atom is -0.266 e. The van der Waals surface area contributed by atoms with Crippen LogP contribution in [0.5, 0.6) is 0 Å². The summed E-state index contributed by atoms with van der Waals surface area (Å²) in [7, 11) is -4.37. The second-order valence-corrected chi connectivity index (χ2v) is 10.6. The smallest absolute Gasteiger partial charge is 0.266 e. The zero-order chi connectivity index (χ0) is 30.1. The summed E-state index contributed by atoms with van der Waals surface area (Å²) in [6.07, 6.45) is 1.14. The van der Waals surface area contributed by atoms with Crippen LogP contribution in [0.15, 0.2) is 73.4 Å². The lowest BCUT2D eigenvalue weighted by Crippen LogP contribution is -2.34. The standard InChI is InChI=1S/C27H20F3N7O4S/c1-3-42(39,40)41-37(24-13-22(27(28,29)30)12-23(14-24)36-17-32-18(2)34-36)26(38)21-6-4-5-19(11-21)7-8-20-15-31-25-9-10-33-35(25)16-20/h4-6,9-17H,3H2,1-2H3. The highest BCUT2D eigenvalue weighted by atomic mass is 32.2. The van der Waals surface area contributed by atoms with Gasteiger partial charge in [-0.15, -0.1) is 4.28 Å². The van der Waals surface area contributed by atoms with Gasteiger partial charge in [0, 0.05) is 29.6 Å². The molecule has 42 heavy (non-hydrogen) atoms. The van der Waals surface area contributed by atoms with Gasteiger partial charge in [0.25, 0.3) is 16.0 Å². The molecule has 11 nitrogen and oxygen atoms in total. The van der Waals surface area contributed by atoms with Crippen LogP contribution < -0.4 is 5.06 Å². The predicted molar refractivity (Wildman–Crippen MR) is 144 cm³/mol. The lowest BCUT2D eigenvalue weighted by Gasteiger charge is -2.23. The normalized spacial score (nSPS) is 11.7. The fraction of sp³-hybridized carbons (Fsp3) is 0.148. The number of carbonyl (C=O) groups is 1. The largest absolute Gasteiger partial charge is 0.416 e. The fourth-order valence-corrected chi connectivity index (χ4v) is 4.19. The van der Waals surface area contributed by atoms with Crippen molar-refractivity contribution in [3.63, 3.8) is 0 Å². The Morgan fingerprint density at radius 3 is 2.57 bits per heavy atom. The first-order valence-electron chi connectivity index (χ1n) is 12.2. The third-order valence-corrected chi connectivity index (χ3v) is 6.85. The molecule has 0 atom stereocenters. The summed E-state index contributed by atoms with van der Waals surface area (Å²) in [6.45, 7) is 2.80. The maximum atomic E-state index is 13.9. The fourth-order valence-electron chi connectivity index (χ4n) is 3.70. The first-order valence-corrected chi connectivity index (χ1v) is 13.8. The van der Waals surface area contributed by atoms with E-state index >= 15 is 0 Å². The van der Waals surface area contributed by atoms with E-state index in [1.807, 2.05) is 0 Å². The van der Waals surface area contributed by atoms with Crippen molar-refractivity contribution in [2.45, 2.75) is 20.0 Å². The van der Waals surface area contributed by atoms with Crippen LogP contribution in [0.25, 0.3) is 11.3 Å². The number of anilines is 1. The number of aryl methyl sites for hydroxylation is 1. The molecular formula is C27H20F3N7O4S. The van der Waals surface area contributed by atoms with Crippen LogP contribution in [0.1, 0.15) is 39.8 Å². The summed E-state index contributed by atoms with van der Waals surface area (Å²) in [5.74, 6) is 4.47. The van der Waals surface area contributed by atoms with Gasteiger partial charge < -0.3 is 0 Å². The number of fused-ring (bicyclic) bond motifs is 1. The number of nitrogens with zero attached hydrogens (tertiary/aromatic N) is 7. The molecule has 1 amide bonds. The first kappa shape index (κ1) is 28.5. The van der Waals surface area contributed by atoms with Gasteiger partial charge in [0.1, 0.15) is 12.2 Å². The van der Waals surface area contributed by atoms with Crippen molar-refractivity contribution in [2.75, 3.05) is 10.8 Å². The summed E-state index contributed by atoms with van der Waals surface area (Å²) in [4.78, 5) is 21.8. The van der Waals surface area contributed by atoms with Gasteiger partial charge in [-0.2, -0.15) is 36.8 Å². The lowest BCUT2D eigenvalue weighted by atomic mass is 10.1. The molecule has 0 aliphatic carbocycles. The van der Waals surface area contributed by atoms with E-state index in [1.165, 1.54) is 36.0 Å². The maximum Gasteiger partial charge on any atom is 0.416 e. The number of aromatic nitrogens is 6. The Kier molecular flexibility index (Phi) is 7.50. The van der Waals surface area contributed by atoms with E-state index in [9.17, 15) is 26.4 Å². The van der Waals surface area contributed by atoms with Gasteiger partial charge in [0.15, 0.2) is 5.65 Å². The highest BCUT2D eigenvalue weighted by molar-refractivity contribution is 7.86. The Morgan fingerprint density at radius 1 is 1.07 bits per heavy atom. The van der Waals surface area contributed by atoms with Crippen LogP contribution in [-0.2, 0) is 20.6 Å². The van der Waals surface area contributed by atoms with E-state index in [4.69, 9.17) is 4.28 Å². The average Bonchev–Trinajstić information content (AvgIpc) is 3.62. The molecule has 3 aromatic heterocycles. The SMILES string of the molecule is CCS(=O)(=O)ON(C(=O)c1cccc(C#Cc2cnc3ccnn3c2)c1)c1cc(-n2cnc(C)n2)cc(C(F)(F)F)c1. The van der Waals surface area contributed by atoms with Crippen molar-refractivity contribution in [3.8, 4) is 17.5 Å². The lowest BCUT2D eigenvalue weighted by molar-refractivity contribution is -0.137. The third kappa shape index (κ3) is 6.29. The summed E-state index contributed by atoms with van der Waals surface area (Å²) >= 11 is 0. The number of alkyl halides is 3. The molecule has 0 aliphatic rings. The Hall–Kier alpha value is -5.07. The van der Waals surface area contributed by atoms with Gasteiger partial charge in [0.2, 0.25) is 0 Å². The second-order valence-electron chi connectivity index (χ2n) is 8.80. The summed E-state index contributed by atoms with van der Waals surface area (Å²) in [6, 6.07) is 10.1. The van der Waals surface area contributed by atoms with Crippen LogP contribution in [-0.4, -0.2) is 49.4 Å². The van der Waals surface area contributed by atoms with Crippen LogP contribution in [0.4, 0.5) is 18.9 Å². The molecule has 15 heteroatoms. The summed E-state index contributed by atoms with van der Waals surface area (Å²) in [5, 5.41) is 8.43. The number of carbonyl (C=O) groups excluding carboxylic acids is 1. The summed E-state index contributed by atoms with van der Waals surface area (Å²) < 4.78 is 74.2. The van der Waals surface area contributed by atoms with E-state index in [1.54, 1.807) is 37.6 Å². The molecule has 0 unspecified atom stereocenters. The molecule has 0 spiro atoms. The third-order valence-electron chi connectivity index (χ3n) is 5.77. The molecule has 3 heterocycles. The molecule has 0 bridgehead atoms. The molecule has 5 rings (SSSR count). The monoisotopic (exact) mass is 595 g/mol. The molecule has 0 saturated carbocycles. The van der Waals surface area contributed by atoms with Gasteiger partial charge in [-0.25, -0.2) is 19.2 Å². The van der Waals surface area contributed by atoms with Gasteiger partial charge in [-0.3, -0.25) is 4.79 Å². The summed E-state index contributed by atoms with van der Waals surface area (Å²) in [5.41, 5.74) is -0.357. The molecule has 0 saturated heterocycles. The van der Waals surface area contributed by atoms with Crippen molar-refractivity contribution in [1.29, 1.82) is 0 Å². The molecule has 214 valence electrons. The highest BCUT2D eigenvalue weighted by Gasteiger charge is 2.34. The molecule has 0 aliphatic heterocycles. The van der Waals surface area contributed by atoms with Gasteiger partial charge >= 0.3 is 6.18 Å². The van der Waals surface area contributed by atoms with E-state index in [-0.39, 0.29) is 17.1 Å². The molecule has 0 N–H and O–H groups in total. The maximum absolute atomic E-state index is 13.9.